The van der Waals surface area contributed by atoms with Gasteiger partial charge in [0, 0.05) is 12.2 Å². The number of alkyl halides is 3. The summed E-state index contributed by atoms with van der Waals surface area (Å²) < 4.78 is 43.0. The molecule has 0 aromatic heterocycles. The summed E-state index contributed by atoms with van der Waals surface area (Å²) in [7, 11) is 0. The summed E-state index contributed by atoms with van der Waals surface area (Å²) in [5.74, 6) is -0.371. The van der Waals surface area contributed by atoms with Crippen LogP contribution in [0.25, 0.3) is 0 Å². The lowest BCUT2D eigenvalue weighted by atomic mass is 10.1. The molecule has 1 atom stereocenters. The van der Waals surface area contributed by atoms with Crippen LogP contribution < -0.4 is 10.6 Å². The van der Waals surface area contributed by atoms with Gasteiger partial charge in [0.25, 0.3) is 5.91 Å². The summed E-state index contributed by atoms with van der Waals surface area (Å²) in [6, 6.07) is 4.66. The predicted molar refractivity (Wildman–Crippen MR) is 62.6 cm³/mol. The third kappa shape index (κ3) is 3.05. The van der Waals surface area contributed by atoms with E-state index in [9.17, 15) is 18.0 Å². The zero-order chi connectivity index (χ0) is 14.0. The minimum Gasteiger partial charge on any atom is -0.365 e. The molecule has 1 unspecified atom stereocenters. The number of carbonyl (C=O) groups excluding carboxylic acids is 1. The summed E-state index contributed by atoms with van der Waals surface area (Å²) >= 11 is 0. The van der Waals surface area contributed by atoms with Crippen molar-refractivity contribution in [1.29, 1.82) is 0 Å². The van der Waals surface area contributed by atoms with Crippen LogP contribution in [0.2, 0.25) is 0 Å². The molecule has 7 heteroatoms. The average molecular weight is 274 g/mol. The van der Waals surface area contributed by atoms with Crippen molar-refractivity contribution in [3.63, 3.8) is 0 Å². The Morgan fingerprint density at radius 1 is 1.42 bits per heavy atom. The van der Waals surface area contributed by atoms with Gasteiger partial charge in [0.15, 0.2) is 0 Å². The molecule has 2 rings (SSSR count). The van der Waals surface area contributed by atoms with Gasteiger partial charge in [0.2, 0.25) is 0 Å². The Morgan fingerprint density at radius 3 is 2.79 bits per heavy atom. The number of anilines is 1. The van der Waals surface area contributed by atoms with Gasteiger partial charge < -0.3 is 15.4 Å². The molecule has 19 heavy (non-hydrogen) atoms. The number of morpholine rings is 1. The Balaban J connectivity index is 2.27. The van der Waals surface area contributed by atoms with Gasteiger partial charge in [-0.3, -0.25) is 4.79 Å². The fourth-order valence-electron chi connectivity index (χ4n) is 1.87. The molecule has 2 N–H and O–H groups in total. The van der Waals surface area contributed by atoms with Gasteiger partial charge in [0.05, 0.1) is 18.2 Å². The second-order valence-corrected chi connectivity index (χ2v) is 4.22. The lowest BCUT2D eigenvalue weighted by molar-refractivity contribution is -0.137. The Hall–Kier alpha value is -1.60. The second kappa shape index (κ2) is 5.18. The van der Waals surface area contributed by atoms with E-state index in [1.807, 2.05) is 0 Å². The number of carbonyl (C=O) groups is 1. The maximum Gasteiger partial charge on any atom is 0.416 e. The Labute approximate surface area is 107 Å². The molecule has 0 spiro atoms. The highest BCUT2D eigenvalue weighted by Gasteiger charge is 2.32. The molecule has 1 heterocycles. The summed E-state index contributed by atoms with van der Waals surface area (Å²) in [6.07, 6.45) is -4.79. The monoisotopic (exact) mass is 274 g/mol. The van der Waals surface area contributed by atoms with Gasteiger partial charge in [-0.25, -0.2) is 0 Å². The van der Waals surface area contributed by atoms with E-state index in [4.69, 9.17) is 10.5 Å². The van der Waals surface area contributed by atoms with E-state index in [-0.39, 0.29) is 37.4 Å². The van der Waals surface area contributed by atoms with E-state index in [0.29, 0.717) is 0 Å². The van der Waals surface area contributed by atoms with Crippen molar-refractivity contribution in [3.05, 3.63) is 29.8 Å². The molecule has 104 valence electrons. The van der Waals surface area contributed by atoms with Gasteiger partial charge >= 0.3 is 6.18 Å². The lowest BCUT2D eigenvalue weighted by Crippen LogP contribution is -2.49. The molecule has 1 aromatic carbocycles. The van der Waals surface area contributed by atoms with Crippen LogP contribution in [0, 0.1) is 0 Å². The molecule has 1 aliphatic rings. The zero-order valence-electron chi connectivity index (χ0n) is 9.98. The van der Waals surface area contributed by atoms with Gasteiger partial charge in [-0.2, -0.15) is 13.2 Å². The molecule has 0 saturated carbocycles. The van der Waals surface area contributed by atoms with Crippen molar-refractivity contribution in [1.82, 2.24) is 0 Å². The quantitative estimate of drug-likeness (QED) is 0.886. The summed E-state index contributed by atoms with van der Waals surface area (Å²) in [5, 5.41) is 0. The number of rotatable bonds is 2. The lowest BCUT2D eigenvalue weighted by Gasteiger charge is -2.32. The number of halogens is 3. The molecule has 1 aromatic rings. The van der Waals surface area contributed by atoms with Gasteiger partial charge in [0.1, 0.15) is 6.61 Å². The number of nitrogens with two attached hydrogens (primary N) is 1. The molecule has 0 radical (unpaired) electrons. The van der Waals surface area contributed by atoms with Crippen LogP contribution in [-0.2, 0) is 15.7 Å². The largest absolute Gasteiger partial charge is 0.416 e. The molecular weight excluding hydrogens is 261 g/mol. The zero-order valence-corrected chi connectivity index (χ0v) is 9.98. The maximum atomic E-state index is 12.6. The first kappa shape index (κ1) is 13.8. The van der Waals surface area contributed by atoms with Crippen molar-refractivity contribution in [2.24, 2.45) is 5.73 Å². The van der Waals surface area contributed by atoms with Crippen molar-refractivity contribution in [2.45, 2.75) is 12.3 Å². The van der Waals surface area contributed by atoms with Crippen LogP contribution in [0.5, 0.6) is 0 Å². The first-order valence-corrected chi connectivity index (χ1v) is 5.71. The van der Waals surface area contributed by atoms with E-state index < -0.39 is 11.7 Å². The molecule has 1 saturated heterocycles. The summed E-state index contributed by atoms with van der Waals surface area (Å²) in [6.45, 7) is 0.206. The number of benzene rings is 1. The highest BCUT2D eigenvalue weighted by molar-refractivity contribution is 5.95. The van der Waals surface area contributed by atoms with Crippen LogP contribution in [0.4, 0.5) is 18.9 Å². The minimum absolute atomic E-state index is 0.163. The summed E-state index contributed by atoms with van der Waals surface area (Å²) in [4.78, 5) is 13.0. The van der Waals surface area contributed by atoms with Crippen LogP contribution in [0.1, 0.15) is 5.56 Å². The highest BCUT2D eigenvalue weighted by atomic mass is 19.4. The molecule has 0 bridgehead atoms. The summed E-state index contributed by atoms with van der Waals surface area (Å²) in [5.41, 5.74) is 4.87. The van der Waals surface area contributed by atoms with Gasteiger partial charge in [-0.1, -0.05) is 6.07 Å². The standard InChI is InChI=1S/C12H13F3N2O2/c13-12(14,15)8-2-1-3-9(4-8)17-6-10(5-16)19-7-11(17)18/h1-4,10H,5-7,16H2. The Morgan fingerprint density at radius 2 is 2.16 bits per heavy atom. The smallest absolute Gasteiger partial charge is 0.365 e. The normalized spacial score (nSPS) is 20.7. The molecule has 1 amide bonds. The van der Waals surface area contributed by atoms with Crippen LogP contribution >= 0.6 is 0 Å². The van der Waals surface area contributed by atoms with Gasteiger partial charge in [-0.15, -0.1) is 0 Å². The first-order chi connectivity index (χ1) is 8.91. The average Bonchev–Trinajstić information content (AvgIpc) is 2.38. The molecule has 1 fully saturated rings. The third-order valence-electron chi connectivity index (χ3n) is 2.88. The highest BCUT2D eigenvalue weighted by Crippen LogP contribution is 2.32. The van der Waals surface area contributed by atoms with E-state index in [2.05, 4.69) is 0 Å². The Bertz CT molecular complexity index is 476. The minimum atomic E-state index is -4.43. The van der Waals surface area contributed by atoms with E-state index in [0.717, 1.165) is 12.1 Å². The topological polar surface area (TPSA) is 55.6 Å². The second-order valence-electron chi connectivity index (χ2n) is 4.22. The SMILES string of the molecule is NCC1CN(c2cccc(C(F)(F)F)c2)C(=O)CO1. The van der Waals surface area contributed by atoms with Crippen LogP contribution in [0.15, 0.2) is 24.3 Å². The fourth-order valence-corrected chi connectivity index (χ4v) is 1.87. The van der Waals surface area contributed by atoms with Crippen LogP contribution in [-0.4, -0.2) is 31.7 Å². The van der Waals surface area contributed by atoms with E-state index >= 15 is 0 Å². The molecule has 1 aliphatic heterocycles. The van der Waals surface area contributed by atoms with Crippen molar-refractivity contribution in [2.75, 3.05) is 24.6 Å². The number of ether oxygens (including phenoxy) is 1. The molecule has 4 nitrogen and oxygen atoms in total. The fraction of sp³-hybridized carbons (Fsp3) is 0.417. The Kier molecular flexibility index (Phi) is 3.77. The van der Waals surface area contributed by atoms with Crippen molar-refractivity contribution < 1.29 is 22.7 Å². The van der Waals surface area contributed by atoms with Gasteiger partial charge in [-0.05, 0) is 18.2 Å². The maximum absolute atomic E-state index is 12.6. The number of amides is 1. The van der Waals surface area contributed by atoms with Crippen molar-refractivity contribution in [3.8, 4) is 0 Å². The number of hydrogen-bond acceptors (Lipinski definition) is 3. The van der Waals surface area contributed by atoms with E-state index in [1.54, 1.807) is 0 Å². The van der Waals surface area contributed by atoms with Crippen molar-refractivity contribution >= 4 is 11.6 Å². The van der Waals surface area contributed by atoms with Crippen LogP contribution in [0.3, 0.4) is 0 Å². The number of hydrogen-bond donors (Lipinski definition) is 1. The molecular formula is C12H13F3N2O2. The third-order valence-corrected chi connectivity index (χ3v) is 2.88. The number of nitrogens with zero attached hydrogens (tertiary/aromatic N) is 1. The predicted octanol–water partition coefficient (Wildman–Crippen LogP) is 1.40. The first-order valence-electron chi connectivity index (χ1n) is 5.71. The molecule has 0 aliphatic carbocycles. The van der Waals surface area contributed by atoms with E-state index in [1.165, 1.54) is 17.0 Å².